The predicted molar refractivity (Wildman–Crippen MR) is 109 cm³/mol. The fourth-order valence-electron chi connectivity index (χ4n) is 2.57. The highest BCUT2D eigenvalue weighted by Gasteiger charge is 2.08. The number of carbonyl (C=O) groups is 1. The Hall–Kier alpha value is -3.05. The fourth-order valence-corrected chi connectivity index (χ4v) is 2.78. The van der Waals surface area contributed by atoms with Gasteiger partial charge in [0, 0.05) is 17.1 Å². The van der Waals surface area contributed by atoms with Crippen molar-refractivity contribution in [3.63, 3.8) is 0 Å². The van der Waals surface area contributed by atoms with E-state index in [2.05, 4.69) is 15.6 Å². The lowest BCUT2D eigenvalue weighted by molar-refractivity contribution is 0.102. The summed E-state index contributed by atoms with van der Waals surface area (Å²) in [5.41, 5.74) is 2.57. The third-order valence-electron chi connectivity index (χ3n) is 3.97. The van der Waals surface area contributed by atoms with E-state index in [0.29, 0.717) is 17.1 Å². The Labute approximate surface area is 163 Å². The number of hydrogen-bond donors (Lipinski definition) is 2. The van der Waals surface area contributed by atoms with Crippen molar-refractivity contribution < 1.29 is 9.53 Å². The molecule has 138 valence electrons. The number of hydrogen-bond acceptors (Lipinski definition) is 4. The number of rotatable bonds is 7. The van der Waals surface area contributed by atoms with Gasteiger partial charge in [-0.1, -0.05) is 29.8 Å². The summed E-state index contributed by atoms with van der Waals surface area (Å²) in [6, 6.07) is 18.4. The smallest absolute Gasteiger partial charge is 0.256 e. The minimum atomic E-state index is -0.233. The molecule has 5 nitrogen and oxygen atoms in total. The molecular formula is C21H20ClN3O2. The fraction of sp³-hybridized carbons (Fsp3) is 0.143. The van der Waals surface area contributed by atoms with Crippen LogP contribution in [0.15, 0.2) is 66.9 Å². The van der Waals surface area contributed by atoms with Gasteiger partial charge >= 0.3 is 0 Å². The molecule has 3 rings (SSSR count). The van der Waals surface area contributed by atoms with Crippen LogP contribution in [0.25, 0.3) is 0 Å². The average Bonchev–Trinajstić information content (AvgIpc) is 2.69. The number of ether oxygens (including phenoxy) is 1. The second-order valence-corrected chi connectivity index (χ2v) is 6.36. The van der Waals surface area contributed by atoms with Gasteiger partial charge in [0.15, 0.2) is 0 Å². The van der Waals surface area contributed by atoms with Crippen molar-refractivity contribution in [2.24, 2.45) is 0 Å². The van der Waals surface area contributed by atoms with E-state index in [9.17, 15) is 4.79 Å². The van der Waals surface area contributed by atoms with Gasteiger partial charge in [-0.3, -0.25) is 4.79 Å². The molecule has 0 bridgehead atoms. The van der Waals surface area contributed by atoms with Crippen LogP contribution < -0.4 is 15.4 Å². The number of benzene rings is 2. The molecule has 3 aromatic rings. The van der Waals surface area contributed by atoms with E-state index in [1.54, 1.807) is 43.6 Å². The molecule has 0 atom stereocenters. The molecule has 0 aliphatic heterocycles. The van der Waals surface area contributed by atoms with Crippen LogP contribution in [0.3, 0.4) is 0 Å². The minimum Gasteiger partial charge on any atom is -0.497 e. The SMILES string of the molecule is COc1cccc(C(=O)Nc2ccc(NCCc3cccc(Cl)c3)cn2)c1. The van der Waals surface area contributed by atoms with Crippen molar-refractivity contribution in [3.05, 3.63) is 83.0 Å². The molecule has 1 amide bonds. The molecule has 0 aliphatic rings. The standard InChI is InChI=1S/C21H20ClN3O2/c1-27-19-7-3-5-16(13-19)21(26)25-20-9-8-18(14-24-20)23-11-10-15-4-2-6-17(22)12-15/h2-9,12-14,23H,10-11H2,1H3,(H,24,25,26). The highest BCUT2D eigenvalue weighted by Crippen LogP contribution is 2.16. The number of nitrogens with zero attached hydrogens (tertiary/aromatic N) is 1. The second kappa shape index (κ2) is 9.05. The maximum Gasteiger partial charge on any atom is 0.256 e. The summed E-state index contributed by atoms with van der Waals surface area (Å²) >= 11 is 5.99. The number of nitrogens with one attached hydrogen (secondary N) is 2. The Morgan fingerprint density at radius 1 is 1.11 bits per heavy atom. The molecule has 0 saturated carbocycles. The first-order chi connectivity index (χ1) is 13.1. The molecule has 0 saturated heterocycles. The van der Waals surface area contributed by atoms with E-state index in [-0.39, 0.29) is 5.91 Å². The number of amides is 1. The van der Waals surface area contributed by atoms with Crippen molar-refractivity contribution in [2.75, 3.05) is 24.3 Å². The zero-order valence-corrected chi connectivity index (χ0v) is 15.7. The van der Waals surface area contributed by atoms with E-state index in [0.717, 1.165) is 23.7 Å². The van der Waals surface area contributed by atoms with Gasteiger partial charge in [0.25, 0.3) is 5.91 Å². The lowest BCUT2D eigenvalue weighted by Crippen LogP contribution is -2.13. The molecule has 1 heterocycles. The maximum atomic E-state index is 12.3. The molecule has 6 heteroatoms. The lowest BCUT2D eigenvalue weighted by Gasteiger charge is -2.09. The van der Waals surface area contributed by atoms with Crippen LogP contribution in [0.4, 0.5) is 11.5 Å². The van der Waals surface area contributed by atoms with Gasteiger partial charge in [-0.05, 0) is 54.4 Å². The summed E-state index contributed by atoms with van der Waals surface area (Å²) in [6.45, 7) is 0.761. The average molecular weight is 382 g/mol. The Bertz CT molecular complexity index is 913. The molecule has 0 radical (unpaired) electrons. The van der Waals surface area contributed by atoms with Crippen molar-refractivity contribution in [1.29, 1.82) is 0 Å². The quantitative estimate of drug-likeness (QED) is 0.625. The second-order valence-electron chi connectivity index (χ2n) is 5.92. The van der Waals surface area contributed by atoms with Gasteiger partial charge in [0.1, 0.15) is 11.6 Å². The number of aromatic nitrogens is 1. The van der Waals surface area contributed by atoms with Crippen molar-refractivity contribution in [3.8, 4) is 5.75 Å². The van der Waals surface area contributed by atoms with Gasteiger partial charge in [-0.25, -0.2) is 4.98 Å². The first kappa shape index (κ1) is 18.7. The lowest BCUT2D eigenvalue weighted by atomic mass is 10.1. The van der Waals surface area contributed by atoms with Gasteiger partial charge in [0.2, 0.25) is 0 Å². The molecule has 1 aromatic heterocycles. The van der Waals surface area contributed by atoms with E-state index in [1.807, 2.05) is 30.3 Å². The predicted octanol–water partition coefficient (Wildman–Crippen LogP) is 4.65. The van der Waals surface area contributed by atoms with Crippen molar-refractivity contribution in [1.82, 2.24) is 4.98 Å². The highest BCUT2D eigenvalue weighted by molar-refractivity contribution is 6.30. The zero-order chi connectivity index (χ0) is 19.1. The molecule has 2 N–H and O–H groups in total. The number of carbonyl (C=O) groups excluding carboxylic acids is 1. The molecule has 0 aliphatic carbocycles. The van der Waals surface area contributed by atoms with Crippen LogP contribution in [0.1, 0.15) is 15.9 Å². The Morgan fingerprint density at radius 3 is 2.70 bits per heavy atom. The van der Waals surface area contributed by atoms with Crippen molar-refractivity contribution in [2.45, 2.75) is 6.42 Å². The third kappa shape index (κ3) is 5.46. The topological polar surface area (TPSA) is 63.2 Å². The van der Waals surface area contributed by atoms with E-state index >= 15 is 0 Å². The first-order valence-electron chi connectivity index (χ1n) is 8.54. The summed E-state index contributed by atoms with van der Waals surface area (Å²) < 4.78 is 5.14. The van der Waals surface area contributed by atoms with Crippen LogP contribution in [0.5, 0.6) is 5.75 Å². The van der Waals surface area contributed by atoms with Crippen LogP contribution in [0, 0.1) is 0 Å². The van der Waals surface area contributed by atoms with Gasteiger partial charge in [-0.2, -0.15) is 0 Å². The van der Waals surface area contributed by atoms with Gasteiger partial charge < -0.3 is 15.4 Å². The Kier molecular flexibility index (Phi) is 6.28. The van der Waals surface area contributed by atoms with E-state index in [1.165, 1.54) is 5.56 Å². The number of anilines is 2. The van der Waals surface area contributed by atoms with Crippen LogP contribution in [0.2, 0.25) is 5.02 Å². The van der Waals surface area contributed by atoms with Crippen LogP contribution in [-0.4, -0.2) is 24.5 Å². The Balaban J connectivity index is 1.53. The molecule has 0 spiro atoms. The summed E-state index contributed by atoms with van der Waals surface area (Å²) in [7, 11) is 1.57. The summed E-state index contributed by atoms with van der Waals surface area (Å²) in [5, 5.41) is 6.82. The van der Waals surface area contributed by atoms with Crippen LogP contribution in [-0.2, 0) is 6.42 Å². The van der Waals surface area contributed by atoms with E-state index < -0.39 is 0 Å². The third-order valence-corrected chi connectivity index (χ3v) is 4.20. The number of methoxy groups -OCH3 is 1. The van der Waals surface area contributed by atoms with Gasteiger partial charge in [0.05, 0.1) is 19.0 Å². The van der Waals surface area contributed by atoms with Crippen LogP contribution >= 0.6 is 11.6 Å². The monoisotopic (exact) mass is 381 g/mol. The Morgan fingerprint density at radius 2 is 1.96 bits per heavy atom. The van der Waals surface area contributed by atoms with Crippen molar-refractivity contribution >= 4 is 29.0 Å². The molecular weight excluding hydrogens is 362 g/mol. The summed E-state index contributed by atoms with van der Waals surface area (Å²) in [6.07, 6.45) is 2.55. The first-order valence-corrected chi connectivity index (χ1v) is 8.91. The zero-order valence-electron chi connectivity index (χ0n) is 14.9. The normalized spacial score (nSPS) is 10.3. The molecule has 0 unspecified atom stereocenters. The largest absolute Gasteiger partial charge is 0.497 e. The molecule has 2 aromatic carbocycles. The van der Waals surface area contributed by atoms with Gasteiger partial charge in [-0.15, -0.1) is 0 Å². The highest BCUT2D eigenvalue weighted by atomic mass is 35.5. The molecule has 27 heavy (non-hydrogen) atoms. The maximum absolute atomic E-state index is 12.3. The minimum absolute atomic E-state index is 0.233. The summed E-state index contributed by atoms with van der Waals surface area (Å²) in [5.74, 6) is 0.890. The molecule has 0 fully saturated rings. The number of pyridine rings is 1. The number of halogens is 1. The summed E-state index contributed by atoms with van der Waals surface area (Å²) in [4.78, 5) is 16.6. The van der Waals surface area contributed by atoms with E-state index in [4.69, 9.17) is 16.3 Å².